The van der Waals surface area contributed by atoms with Gasteiger partial charge in [-0.3, -0.25) is 9.78 Å². The first-order valence-corrected chi connectivity index (χ1v) is 6.32. The maximum absolute atomic E-state index is 12.4. The van der Waals surface area contributed by atoms with E-state index in [2.05, 4.69) is 10.3 Å². The molecule has 19 heavy (non-hydrogen) atoms. The number of nitrogens with zero attached hydrogens (tertiary/aromatic N) is 1. The standard InChI is InChI=1S/C15H13N3O/c16-11-2-1-9-6-15(7-10(9)5-11)12-8-17-4-3-13(12)18-14(15)19/h1-5,8H,6-7,16H2,(H,18,19)/t15-/m0/s1. The number of nitrogens with two attached hydrogens (primary N) is 1. The quantitative estimate of drug-likeness (QED) is 0.700. The molecular weight excluding hydrogens is 238 g/mol. The molecule has 4 heteroatoms. The van der Waals surface area contributed by atoms with Gasteiger partial charge in [0.2, 0.25) is 5.91 Å². The van der Waals surface area contributed by atoms with Gasteiger partial charge in [0.25, 0.3) is 0 Å². The number of amides is 1. The molecule has 94 valence electrons. The Morgan fingerprint density at radius 3 is 2.95 bits per heavy atom. The number of benzene rings is 1. The number of fused-ring (bicyclic) bond motifs is 3. The van der Waals surface area contributed by atoms with Crippen molar-refractivity contribution in [2.45, 2.75) is 18.3 Å². The highest BCUT2D eigenvalue weighted by Gasteiger charge is 2.50. The minimum Gasteiger partial charge on any atom is -0.399 e. The smallest absolute Gasteiger partial charge is 0.235 e. The molecule has 1 atom stereocenters. The third kappa shape index (κ3) is 1.28. The number of pyridine rings is 1. The molecule has 0 fully saturated rings. The number of carbonyl (C=O) groups is 1. The number of nitrogens with one attached hydrogen (secondary N) is 1. The van der Waals surface area contributed by atoms with Crippen LogP contribution in [0.4, 0.5) is 11.4 Å². The third-order valence-electron chi connectivity index (χ3n) is 4.23. The average Bonchev–Trinajstić information content (AvgIpc) is 2.90. The summed E-state index contributed by atoms with van der Waals surface area (Å²) in [6.07, 6.45) is 4.95. The minimum absolute atomic E-state index is 0.0743. The summed E-state index contributed by atoms with van der Waals surface area (Å²) in [6.45, 7) is 0. The van der Waals surface area contributed by atoms with E-state index in [4.69, 9.17) is 5.73 Å². The van der Waals surface area contributed by atoms with E-state index < -0.39 is 5.41 Å². The molecule has 4 rings (SSSR count). The van der Waals surface area contributed by atoms with Gasteiger partial charge >= 0.3 is 0 Å². The summed E-state index contributed by atoms with van der Waals surface area (Å²) in [5.41, 5.74) is 10.4. The molecule has 2 aliphatic rings. The lowest BCUT2D eigenvalue weighted by Crippen LogP contribution is -2.35. The Morgan fingerprint density at radius 1 is 1.21 bits per heavy atom. The van der Waals surface area contributed by atoms with Crippen LogP contribution < -0.4 is 11.1 Å². The maximum Gasteiger partial charge on any atom is 0.235 e. The minimum atomic E-state index is -0.486. The monoisotopic (exact) mass is 251 g/mol. The van der Waals surface area contributed by atoms with Crippen LogP contribution in [0.2, 0.25) is 0 Å². The number of carbonyl (C=O) groups excluding carboxylic acids is 1. The number of rotatable bonds is 0. The fourth-order valence-corrected chi connectivity index (χ4v) is 3.30. The summed E-state index contributed by atoms with van der Waals surface area (Å²) < 4.78 is 0. The van der Waals surface area contributed by atoms with Crippen LogP contribution in [0.1, 0.15) is 16.7 Å². The molecule has 0 saturated heterocycles. The van der Waals surface area contributed by atoms with Gasteiger partial charge in [0.05, 0.1) is 5.41 Å². The Morgan fingerprint density at radius 2 is 2.05 bits per heavy atom. The molecule has 0 bridgehead atoms. The van der Waals surface area contributed by atoms with Crippen LogP contribution in [0, 0.1) is 0 Å². The number of anilines is 2. The average molecular weight is 251 g/mol. The Bertz CT molecular complexity index is 710. The molecule has 0 radical (unpaired) electrons. The molecule has 0 unspecified atom stereocenters. The van der Waals surface area contributed by atoms with Crippen molar-refractivity contribution < 1.29 is 4.79 Å². The van der Waals surface area contributed by atoms with Gasteiger partial charge in [-0.2, -0.15) is 0 Å². The van der Waals surface area contributed by atoms with Crippen molar-refractivity contribution in [1.82, 2.24) is 4.98 Å². The Hall–Kier alpha value is -2.36. The van der Waals surface area contributed by atoms with E-state index >= 15 is 0 Å². The molecule has 1 amide bonds. The molecule has 1 aromatic carbocycles. The predicted octanol–water partition coefficient (Wildman–Crippen LogP) is 1.65. The third-order valence-corrected chi connectivity index (χ3v) is 4.23. The van der Waals surface area contributed by atoms with Crippen LogP contribution in [-0.2, 0) is 23.1 Å². The molecular formula is C15H13N3O. The summed E-state index contributed by atoms with van der Waals surface area (Å²) in [4.78, 5) is 16.6. The number of aromatic nitrogens is 1. The highest BCUT2D eigenvalue weighted by atomic mass is 16.2. The molecule has 3 N–H and O–H groups in total. The van der Waals surface area contributed by atoms with Gasteiger partial charge in [0.1, 0.15) is 0 Å². The van der Waals surface area contributed by atoms with E-state index in [0.717, 1.165) is 23.4 Å². The first-order valence-electron chi connectivity index (χ1n) is 6.32. The van der Waals surface area contributed by atoms with Gasteiger partial charge in [-0.25, -0.2) is 0 Å². The molecule has 1 aliphatic carbocycles. The number of hydrogen-bond donors (Lipinski definition) is 2. The summed E-state index contributed by atoms with van der Waals surface area (Å²) in [5, 5.41) is 2.97. The van der Waals surface area contributed by atoms with Gasteiger partial charge < -0.3 is 11.1 Å². The van der Waals surface area contributed by atoms with E-state index in [1.54, 1.807) is 6.20 Å². The van der Waals surface area contributed by atoms with Crippen LogP contribution >= 0.6 is 0 Å². The van der Waals surface area contributed by atoms with Crippen molar-refractivity contribution in [3.63, 3.8) is 0 Å². The highest BCUT2D eigenvalue weighted by Crippen LogP contribution is 2.47. The van der Waals surface area contributed by atoms with Crippen molar-refractivity contribution in [1.29, 1.82) is 0 Å². The first kappa shape index (κ1) is 10.6. The van der Waals surface area contributed by atoms with Gasteiger partial charge in [-0.15, -0.1) is 0 Å². The van der Waals surface area contributed by atoms with Gasteiger partial charge in [0, 0.05) is 29.3 Å². The van der Waals surface area contributed by atoms with Crippen molar-refractivity contribution in [2.75, 3.05) is 11.1 Å². The van der Waals surface area contributed by atoms with Crippen LogP contribution in [0.5, 0.6) is 0 Å². The summed E-state index contributed by atoms with van der Waals surface area (Å²) in [6, 6.07) is 7.76. The summed E-state index contributed by atoms with van der Waals surface area (Å²) in [7, 11) is 0. The lowest BCUT2D eigenvalue weighted by Gasteiger charge is -2.20. The van der Waals surface area contributed by atoms with Crippen LogP contribution in [-0.4, -0.2) is 10.9 Å². The van der Waals surface area contributed by atoms with Crippen LogP contribution in [0.3, 0.4) is 0 Å². The molecule has 1 aromatic heterocycles. The number of hydrogen-bond acceptors (Lipinski definition) is 3. The van der Waals surface area contributed by atoms with E-state index in [0.29, 0.717) is 6.42 Å². The Kier molecular flexibility index (Phi) is 1.86. The second-order valence-electron chi connectivity index (χ2n) is 5.34. The summed E-state index contributed by atoms with van der Waals surface area (Å²) >= 11 is 0. The van der Waals surface area contributed by atoms with Crippen molar-refractivity contribution in [3.8, 4) is 0 Å². The topological polar surface area (TPSA) is 68.0 Å². The van der Waals surface area contributed by atoms with Crippen molar-refractivity contribution >= 4 is 17.3 Å². The van der Waals surface area contributed by atoms with Gasteiger partial charge in [0.15, 0.2) is 0 Å². The zero-order valence-corrected chi connectivity index (χ0v) is 10.3. The lowest BCUT2D eigenvalue weighted by molar-refractivity contribution is -0.120. The van der Waals surface area contributed by atoms with E-state index in [9.17, 15) is 4.79 Å². The van der Waals surface area contributed by atoms with E-state index in [1.165, 1.54) is 11.1 Å². The zero-order chi connectivity index (χ0) is 13.0. The molecule has 1 aliphatic heterocycles. The van der Waals surface area contributed by atoms with Crippen LogP contribution in [0.25, 0.3) is 0 Å². The molecule has 2 aromatic rings. The first-order chi connectivity index (χ1) is 9.19. The Labute approximate surface area is 110 Å². The fourth-order valence-electron chi connectivity index (χ4n) is 3.30. The second-order valence-corrected chi connectivity index (χ2v) is 5.34. The molecule has 2 heterocycles. The Balaban J connectivity index is 1.88. The molecule has 4 nitrogen and oxygen atoms in total. The maximum atomic E-state index is 12.4. The zero-order valence-electron chi connectivity index (χ0n) is 10.3. The highest BCUT2D eigenvalue weighted by molar-refractivity contribution is 6.07. The van der Waals surface area contributed by atoms with Crippen molar-refractivity contribution in [2.24, 2.45) is 0 Å². The van der Waals surface area contributed by atoms with Crippen LogP contribution in [0.15, 0.2) is 36.7 Å². The predicted molar refractivity (Wildman–Crippen MR) is 72.8 cm³/mol. The number of nitrogen functional groups attached to an aromatic ring is 1. The lowest BCUT2D eigenvalue weighted by atomic mass is 9.80. The van der Waals surface area contributed by atoms with Gasteiger partial charge in [-0.05, 0) is 42.2 Å². The molecule has 0 saturated carbocycles. The SMILES string of the molecule is Nc1ccc2c(c1)C[C@]1(C2)C(=O)Nc2ccncc21. The van der Waals surface area contributed by atoms with E-state index in [-0.39, 0.29) is 5.91 Å². The summed E-state index contributed by atoms with van der Waals surface area (Å²) in [5.74, 6) is 0.0743. The van der Waals surface area contributed by atoms with Gasteiger partial charge in [-0.1, -0.05) is 6.07 Å². The van der Waals surface area contributed by atoms with Crippen molar-refractivity contribution in [3.05, 3.63) is 53.3 Å². The largest absolute Gasteiger partial charge is 0.399 e. The molecule has 1 spiro atoms. The normalized spacial score (nSPS) is 23.3. The second kappa shape index (κ2) is 3.35. The fraction of sp³-hybridized carbons (Fsp3) is 0.200. The van der Waals surface area contributed by atoms with E-state index in [1.807, 2.05) is 30.5 Å².